The Bertz CT molecular complexity index is 258. The van der Waals surface area contributed by atoms with E-state index in [2.05, 4.69) is 17.1 Å². The minimum absolute atomic E-state index is 0.268. The summed E-state index contributed by atoms with van der Waals surface area (Å²) in [5.74, 6) is -0.641. The first kappa shape index (κ1) is 13.0. The number of thiol groups is 1. The lowest BCUT2D eigenvalue weighted by Gasteiger charge is -2.08. The van der Waals surface area contributed by atoms with Gasteiger partial charge in [0.25, 0.3) is 0 Å². The molecule has 0 spiro atoms. The van der Waals surface area contributed by atoms with Gasteiger partial charge in [0.15, 0.2) is 0 Å². The molecule has 0 heterocycles. The molecule has 0 aromatic rings. The molecular weight excluding hydrogens is 204 g/mol. The van der Waals surface area contributed by atoms with E-state index < -0.39 is 5.97 Å². The molecule has 0 aromatic carbocycles. The SMILES string of the molecule is CCC(=O)OC(CC)=C(C)C(=O)OS. The molecule has 4 nitrogen and oxygen atoms in total. The first-order valence-corrected chi connectivity index (χ1v) is 4.69. The van der Waals surface area contributed by atoms with E-state index in [9.17, 15) is 9.59 Å². The lowest BCUT2D eigenvalue weighted by atomic mass is 10.2. The second-order valence-corrected chi connectivity index (χ2v) is 2.79. The van der Waals surface area contributed by atoms with E-state index in [-0.39, 0.29) is 18.0 Å². The van der Waals surface area contributed by atoms with Crippen molar-refractivity contribution in [3.05, 3.63) is 11.3 Å². The first-order chi connectivity index (χ1) is 6.56. The Morgan fingerprint density at radius 1 is 1.21 bits per heavy atom. The topological polar surface area (TPSA) is 52.6 Å². The Labute approximate surface area is 88.9 Å². The molecule has 0 saturated heterocycles. The molecule has 5 heteroatoms. The summed E-state index contributed by atoms with van der Waals surface area (Å²) in [6, 6.07) is 0. The maximum absolute atomic E-state index is 11.0. The maximum Gasteiger partial charge on any atom is 0.348 e. The zero-order valence-corrected chi connectivity index (χ0v) is 9.39. The van der Waals surface area contributed by atoms with Crippen LogP contribution in [0.1, 0.15) is 33.6 Å². The van der Waals surface area contributed by atoms with Crippen molar-refractivity contribution >= 4 is 24.8 Å². The Morgan fingerprint density at radius 3 is 2.14 bits per heavy atom. The number of carbonyl (C=O) groups is 2. The highest BCUT2D eigenvalue weighted by Gasteiger charge is 2.13. The van der Waals surface area contributed by atoms with Crippen LogP contribution in [0.5, 0.6) is 0 Å². The van der Waals surface area contributed by atoms with Gasteiger partial charge in [0, 0.05) is 25.8 Å². The number of allylic oxidation sites excluding steroid dienone is 1. The van der Waals surface area contributed by atoms with Crippen LogP contribution in [0.15, 0.2) is 11.3 Å². The molecule has 0 amide bonds. The van der Waals surface area contributed by atoms with Gasteiger partial charge in [-0.3, -0.25) is 4.79 Å². The third-order valence-electron chi connectivity index (χ3n) is 1.65. The highest BCUT2D eigenvalue weighted by molar-refractivity contribution is 7.75. The van der Waals surface area contributed by atoms with Gasteiger partial charge < -0.3 is 8.92 Å². The van der Waals surface area contributed by atoms with Crippen molar-refractivity contribution in [3.63, 3.8) is 0 Å². The number of rotatable bonds is 4. The molecule has 0 unspecified atom stereocenters. The van der Waals surface area contributed by atoms with Crippen LogP contribution < -0.4 is 0 Å². The van der Waals surface area contributed by atoms with Gasteiger partial charge in [-0.15, -0.1) is 0 Å². The van der Waals surface area contributed by atoms with Gasteiger partial charge in [0.1, 0.15) is 5.76 Å². The van der Waals surface area contributed by atoms with Crippen molar-refractivity contribution in [2.24, 2.45) is 0 Å². The first-order valence-electron chi connectivity index (χ1n) is 4.32. The Morgan fingerprint density at radius 2 is 1.79 bits per heavy atom. The molecule has 0 saturated carbocycles. The second-order valence-electron chi connectivity index (χ2n) is 2.61. The standard InChI is InChI=1S/C9H14O4S/c1-4-7(12-8(10)5-2)6(3)9(11)13-14/h14H,4-5H2,1-3H3. The normalized spacial score (nSPS) is 11.7. The second kappa shape index (κ2) is 6.48. The zero-order chi connectivity index (χ0) is 11.1. The summed E-state index contributed by atoms with van der Waals surface area (Å²) in [6.07, 6.45) is 0.729. The summed E-state index contributed by atoms with van der Waals surface area (Å²) < 4.78 is 9.16. The molecule has 0 rings (SSSR count). The van der Waals surface area contributed by atoms with E-state index in [4.69, 9.17) is 4.74 Å². The largest absolute Gasteiger partial charge is 0.431 e. The van der Waals surface area contributed by atoms with Gasteiger partial charge in [0.05, 0.1) is 5.57 Å². The van der Waals surface area contributed by atoms with Gasteiger partial charge in [-0.05, 0) is 6.92 Å². The van der Waals surface area contributed by atoms with E-state index in [0.717, 1.165) is 0 Å². The highest BCUT2D eigenvalue weighted by atomic mass is 32.1. The van der Waals surface area contributed by atoms with Crippen molar-refractivity contribution in [1.29, 1.82) is 0 Å². The van der Waals surface area contributed by atoms with Crippen molar-refractivity contribution in [3.8, 4) is 0 Å². The fourth-order valence-corrected chi connectivity index (χ4v) is 0.943. The molecular formula is C9H14O4S. The van der Waals surface area contributed by atoms with Crippen molar-refractivity contribution in [2.75, 3.05) is 0 Å². The summed E-state index contributed by atoms with van der Waals surface area (Å²) in [7, 11) is 0. The van der Waals surface area contributed by atoms with E-state index in [0.29, 0.717) is 12.2 Å². The fourth-order valence-electron chi connectivity index (χ4n) is 0.806. The minimum Gasteiger partial charge on any atom is -0.431 e. The lowest BCUT2D eigenvalue weighted by Crippen LogP contribution is -2.08. The molecule has 0 N–H and O–H groups in total. The van der Waals surface area contributed by atoms with Crippen molar-refractivity contribution < 1.29 is 18.5 Å². The van der Waals surface area contributed by atoms with Crippen LogP contribution in [0.4, 0.5) is 0 Å². The Kier molecular flexibility index (Phi) is 6.03. The molecule has 0 fully saturated rings. The molecule has 0 radical (unpaired) electrons. The average Bonchev–Trinajstić information content (AvgIpc) is 2.23. The molecule has 14 heavy (non-hydrogen) atoms. The number of carbonyl (C=O) groups excluding carboxylic acids is 2. The van der Waals surface area contributed by atoms with Crippen LogP contribution in [0.3, 0.4) is 0 Å². The highest BCUT2D eigenvalue weighted by Crippen LogP contribution is 2.13. The van der Waals surface area contributed by atoms with Gasteiger partial charge in [-0.2, -0.15) is 0 Å². The predicted octanol–water partition coefficient (Wildman–Crippen LogP) is 2.01. The molecule has 80 valence electrons. The van der Waals surface area contributed by atoms with Gasteiger partial charge in [0.2, 0.25) is 0 Å². The molecule has 0 atom stereocenters. The van der Waals surface area contributed by atoms with E-state index in [1.54, 1.807) is 13.8 Å². The smallest absolute Gasteiger partial charge is 0.348 e. The zero-order valence-electron chi connectivity index (χ0n) is 8.49. The van der Waals surface area contributed by atoms with Crippen LogP contribution in [0, 0.1) is 0 Å². The summed E-state index contributed by atoms with van der Waals surface area (Å²) in [4.78, 5) is 22.0. The van der Waals surface area contributed by atoms with E-state index in [1.165, 1.54) is 6.92 Å². The third-order valence-corrected chi connectivity index (χ3v) is 1.82. The number of hydrogen-bond acceptors (Lipinski definition) is 5. The quantitative estimate of drug-likeness (QED) is 0.258. The van der Waals surface area contributed by atoms with Crippen molar-refractivity contribution in [2.45, 2.75) is 33.6 Å². The number of esters is 1. The van der Waals surface area contributed by atoms with Gasteiger partial charge in [-0.25, -0.2) is 4.79 Å². The van der Waals surface area contributed by atoms with Crippen LogP contribution in [0.2, 0.25) is 0 Å². The van der Waals surface area contributed by atoms with Crippen molar-refractivity contribution in [1.82, 2.24) is 0 Å². The summed E-state index contributed by atoms with van der Waals surface area (Å²) in [5.41, 5.74) is 0.268. The predicted molar refractivity (Wildman–Crippen MR) is 54.5 cm³/mol. The minimum atomic E-state index is -0.603. The van der Waals surface area contributed by atoms with Gasteiger partial charge >= 0.3 is 11.9 Å². The summed E-state index contributed by atoms with van der Waals surface area (Å²) in [5, 5.41) is 0. The van der Waals surface area contributed by atoms with Gasteiger partial charge in [-0.1, -0.05) is 13.8 Å². The van der Waals surface area contributed by atoms with Crippen LogP contribution >= 0.6 is 12.9 Å². The molecule has 0 aromatic heterocycles. The molecule has 0 aliphatic rings. The maximum atomic E-state index is 11.0. The summed E-state index contributed by atoms with van der Waals surface area (Å²) >= 11 is 3.38. The Hall–Kier alpha value is -0.970. The van der Waals surface area contributed by atoms with Crippen LogP contribution in [0.25, 0.3) is 0 Å². The average molecular weight is 218 g/mol. The molecule has 0 bridgehead atoms. The number of hydrogen-bond donors (Lipinski definition) is 1. The monoisotopic (exact) mass is 218 g/mol. The van der Waals surface area contributed by atoms with E-state index in [1.807, 2.05) is 0 Å². The molecule has 0 aliphatic carbocycles. The fraction of sp³-hybridized carbons (Fsp3) is 0.556. The lowest BCUT2D eigenvalue weighted by molar-refractivity contribution is -0.139. The number of ether oxygens (including phenoxy) is 1. The van der Waals surface area contributed by atoms with Crippen LogP contribution in [-0.4, -0.2) is 11.9 Å². The summed E-state index contributed by atoms with van der Waals surface area (Å²) in [6.45, 7) is 5.00. The molecule has 0 aliphatic heterocycles. The Balaban J connectivity index is 4.67. The van der Waals surface area contributed by atoms with E-state index >= 15 is 0 Å². The third kappa shape index (κ3) is 3.83. The van der Waals surface area contributed by atoms with Crippen LogP contribution in [-0.2, 0) is 18.5 Å².